The molecule has 112 valence electrons. The molecule has 2 rings (SSSR count). The lowest BCUT2D eigenvalue weighted by atomic mass is 10.00. The van der Waals surface area contributed by atoms with Crippen molar-refractivity contribution in [1.82, 2.24) is 10.2 Å². The number of amides is 2. The van der Waals surface area contributed by atoms with Gasteiger partial charge in [0.1, 0.15) is 5.54 Å². The minimum absolute atomic E-state index is 0.0340. The van der Waals surface area contributed by atoms with Crippen LogP contribution in [-0.2, 0) is 19.1 Å². The Bertz CT molecular complexity index is 428. The molecule has 1 N–H and O–H groups in total. The third-order valence-corrected chi connectivity index (χ3v) is 3.76. The number of esters is 1. The summed E-state index contributed by atoms with van der Waals surface area (Å²) in [6.45, 7) is 7.52. The predicted molar refractivity (Wildman–Crippen MR) is 71.6 cm³/mol. The standard InChI is InChI=1S/C14H22N2O4/c1-5-20-13(19)14(4,15-8(2)3)7-16-11(17)9-6-10(9)12(16)18/h8-10,15H,5-7H2,1-4H3. The number of hydrogen-bond acceptors (Lipinski definition) is 5. The molecule has 3 unspecified atom stereocenters. The molecule has 2 amide bonds. The maximum Gasteiger partial charge on any atom is 0.327 e. The Morgan fingerprint density at radius 3 is 2.40 bits per heavy atom. The third kappa shape index (κ3) is 2.57. The van der Waals surface area contributed by atoms with Crippen LogP contribution in [0.4, 0.5) is 0 Å². The number of nitrogens with one attached hydrogen (secondary N) is 1. The molecule has 0 spiro atoms. The Hall–Kier alpha value is -1.43. The molecule has 1 heterocycles. The summed E-state index contributed by atoms with van der Waals surface area (Å²) < 4.78 is 5.08. The topological polar surface area (TPSA) is 75.7 Å². The second-order valence-electron chi connectivity index (χ2n) is 6.06. The number of likely N-dealkylation sites (tertiary alicyclic amines) is 1. The minimum Gasteiger partial charge on any atom is -0.465 e. The highest BCUT2D eigenvalue weighted by Gasteiger charge is 2.60. The summed E-state index contributed by atoms with van der Waals surface area (Å²) >= 11 is 0. The van der Waals surface area contributed by atoms with Crippen LogP contribution < -0.4 is 5.32 Å². The molecule has 6 nitrogen and oxygen atoms in total. The van der Waals surface area contributed by atoms with Crippen LogP contribution in [0, 0.1) is 11.8 Å². The first-order valence-electron chi connectivity index (χ1n) is 7.10. The number of fused-ring (bicyclic) bond motifs is 1. The van der Waals surface area contributed by atoms with Crippen molar-refractivity contribution in [3.8, 4) is 0 Å². The van der Waals surface area contributed by atoms with Crippen molar-refractivity contribution in [3.05, 3.63) is 0 Å². The number of hydrogen-bond donors (Lipinski definition) is 1. The summed E-state index contributed by atoms with van der Waals surface area (Å²) in [5, 5.41) is 3.12. The average molecular weight is 282 g/mol. The molecule has 20 heavy (non-hydrogen) atoms. The van der Waals surface area contributed by atoms with Crippen LogP contribution in [0.2, 0.25) is 0 Å². The molecule has 1 saturated carbocycles. The molecule has 2 fully saturated rings. The quantitative estimate of drug-likeness (QED) is 0.560. The number of nitrogens with zero attached hydrogens (tertiary/aromatic N) is 1. The van der Waals surface area contributed by atoms with Gasteiger partial charge in [0.25, 0.3) is 0 Å². The maximum atomic E-state index is 12.2. The van der Waals surface area contributed by atoms with E-state index in [1.54, 1.807) is 13.8 Å². The van der Waals surface area contributed by atoms with E-state index in [4.69, 9.17) is 4.74 Å². The van der Waals surface area contributed by atoms with Gasteiger partial charge in [0.05, 0.1) is 25.0 Å². The van der Waals surface area contributed by atoms with E-state index in [2.05, 4.69) is 5.32 Å². The van der Waals surface area contributed by atoms with Gasteiger partial charge in [0.2, 0.25) is 11.8 Å². The van der Waals surface area contributed by atoms with Gasteiger partial charge in [-0.05, 0) is 34.1 Å². The van der Waals surface area contributed by atoms with E-state index in [-0.39, 0.29) is 42.8 Å². The normalized spacial score (nSPS) is 27.6. The van der Waals surface area contributed by atoms with E-state index in [1.807, 2.05) is 13.8 Å². The highest BCUT2D eigenvalue weighted by molar-refractivity contribution is 6.09. The van der Waals surface area contributed by atoms with Crippen molar-refractivity contribution in [1.29, 1.82) is 0 Å². The van der Waals surface area contributed by atoms with Crippen LogP contribution in [0.1, 0.15) is 34.1 Å². The molecule has 3 atom stereocenters. The number of carbonyl (C=O) groups is 3. The third-order valence-electron chi connectivity index (χ3n) is 3.76. The van der Waals surface area contributed by atoms with Gasteiger partial charge in [-0.2, -0.15) is 0 Å². The number of carbonyl (C=O) groups excluding carboxylic acids is 3. The van der Waals surface area contributed by atoms with E-state index in [0.29, 0.717) is 6.42 Å². The van der Waals surface area contributed by atoms with Crippen molar-refractivity contribution < 1.29 is 19.1 Å². The summed E-state index contributed by atoms with van der Waals surface area (Å²) in [6.07, 6.45) is 0.669. The van der Waals surface area contributed by atoms with Gasteiger partial charge in [-0.15, -0.1) is 0 Å². The monoisotopic (exact) mass is 282 g/mol. The molecular weight excluding hydrogens is 260 g/mol. The van der Waals surface area contributed by atoms with Crippen LogP contribution in [0.5, 0.6) is 0 Å². The molecule has 0 radical (unpaired) electrons. The SMILES string of the molecule is CCOC(=O)C(C)(CN1C(=O)C2CC2C1=O)NC(C)C. The summed E-state index contributed by atoms with van der Waals surface area (Å²) in [5.74, 6) is -1.03. The first kappa shape index (κ1) is 15.0. The Labute approximate surface area is 118 Å². The first-order valence-corrected chi connectivity index (χ1v) is 7.10. The number of ether oxygens (including phenoxy) is 1. The lowest BCUT2D eigenvalue weighted by molar-refractivity contribution is -0.154. The van der Waals surface area contributed by atoms with Gasteiger partial charge in [-0.1, -0.05) is 0 Å². The Morgan fingerprint density at radius 2 is 1.95 bits per heavy atom. The van der Waals surface area contributed by atoms with Crippen LogP contribution in [0.25, 0.3) is 0 Å². The van der Waals surface area contributed by atoms with Crippen LogP contribution in [0.15, 0.2) is 0 Å². The highest BCUT2D eigenvalue weighted by Crippen LogP contribution is 2.47. The van der Waals surface area contributed by atoms with E-state index in [9.17, 15) is 14.4 Å². The summed E-state index contributed by atoms with van der Waals surface area (Å²) in [6, 6.07) is 0.0340. The largest absolute Gasteiger partial charge is 0.465 e. The molecule has 0 aromatic heterocycles. The van der Waals surface area contributed by atoms with Crippen LogP contribution in [-0.4, -0.2) is 47.4 Å². The van der Waals surface area contributed by atoms with Gasteiger partial charge in [-0.3, -0.25) is 19.8 Å². The van der Waals surface area contributed by atoms with E-state index in [0.717, 1.165) is 0 Å². The molecule has 1 saturated heterocycles. The second-order valence-corrected chi connectivity index (χ2v) is 6.06. The van der Waals surface area contributed by atoms with Gasteiger partial charge in [0.15, 0.2) is 0 Å². The molecular formula is C14H22N2O4. The lowest BCUT2D eigenvalue weighted by Gasteiger charge is -2.34. The van der Waals surface area contributed by atoms with Gasteiger partial charge in [0, 0.05) is 6.04 Å². The predicted octanol–water partition coefficient (Wildman–Crippen LogP) is 0.311. The maximum absolute atomic E-state index is 12.2. The van der Waals surface area contributed by atoms with Gasteiger partial charge < -0.3 is 4.74 Å². The fourth-order valence-electron chi connectivity index (χ4n) is 2.82. The number of imide groups is 1. The fourth-order valence-corrected chi connectivity index (χ4v) is 2.82. The molecule has 1 aliphatic carbocycles. The van der Waals surface area contributed by atoms with Crippen LogP contribution >= 0.6 is 0 Å². The molecule has 0 aromatic carbocycles. The lowest BCUT2D eigenvalue weighted by Crippen LogP contribution is -2.60. The number of piperidine rings is 1. The minimum atomic E-state index is -1.06. The molecule has 2 aliphatic rings. The Balaban J connectivity index is 2.13. The van der Waals surface area contributed by atoms with E-state index < -0.39 is 11.5 Å². The first-order chi connectivity index (χ1) is 9.30. The second kappa shape index (κ2) is 5.16. The summed E-state index contributed by atoms with van der Waals surface area (Å²) in [7, 11) is 0. The number of rotatable bonds is 6. The van der Waals surface area contributed by atoms with E-state index in [1.165, 1.54) is 4.90 Å². The highest BCUT2D eigenvalue weighted by atomic mass is 16.5. The zero-order chi connectivity index (χ0) is 15.1. The van der Waals surface area contributed by atoms with Crippen molar-refractivity contribution >= 4 is 17.8 Å². The molecule has 0 bridgehead atoms. The van der Waals surface area contributed by atoms with Crippen molar-refractivity contribution in [3.63, 3.8) is 0 Å². The Kier molecular flexibility index (Phi) is 3.86. The van der Waals surface area contributed by atoms with Crippen LogP contribution in [0.3, 0.4) is 0 Å². The zero-order valence-electron chi connectivity index (χ0n) is 12.4. The molecule has 0 aromatic rings. The van der Waals surface area contributed by atoms with Crippen molar-refractivity contribution in [2.24, 2.45) is 11.8 Å². The molecule has 6 heteroatoms. The fraction of sp³-hybridized carbons (Fsp3) is 0.786. The van der Waals surface area contributed by atoms with E-state index >= 15 is 0 Å². The smallest absolute Gasteiger partial charge is 0.327 e. The van der Waals surface area contributed by atoms with Gasteiger partial charge >= 0.3 is 5.97 Å². The van der Waals surface area contributed by atoms with Gasteiger partial charge in [-0.25, -0.2) is 4.79 Å². The average Bonchev–Trinajstić information content (AvgIpc) is 3.09. The summed E-state index contributed by atoms with van der Waals surface area (Å²) in [5.41, 5.74) is -1.06. The van der Waals surface area contributed by atoms with Crippen molar-refractivity contribution in [2.45, 2.75) is 45.7 Å². The van der Waals surface area contributed by atoms with Crippen molar-refractivity contribution in [2.75, 3.05) is 13.2 Å². The Morgan fingerprint density at radius 1 is 1.40 bits per heavy atom. The molecule has 1 aliphatic heterocycles. The zero-order valence-corrected chi connectivity index (χ0v) is 12.4. The summed E-state index contributed by atoms with van der Waals surface area (Å²) in [4.78, 5) is 37.4.